The van der Waals surface area contributed by atoms with Crippen LogP contribution in [-0.4, -0.2) is 33.6 Å². The van der Waals surface area contributed by atoms with Gasteiger partial charge in [-0.25, -0.2) is 4.39 Å². The zero-order valence-corrected chi connectivity index (χ0v) is 16.5. The van der Waals surface area contributed by atoms with Crippen molar-refractivity contribution in [1.29, 1.82) is 0 Å². The SMILES string of the molecule is Cn1c(-c2ccc(F)cc2)c(C2c3ccccc3C(=O)N2CCO)c2ccccc21. The van der Waals surface area contributed by atoms with Gasteiger partial charge in [-0.2, -0.15) is 0 Å². The summed E-state index contributed by atoms with van der Waals surface area (Å²) in [5, 5.41) is 10.7. The van der Waals surface area contributed by atoms with E-state index in [0.717, 1.165) is 33.3 Å². The van der Waals surface area contributed by atoms with Crippen molar-refractivity contribution in [1.82, 2.24) is 9.47 Å². The smallest absolute Gasteiger partial charge is 0.255 e. The molecular weight excluding hydrogens is 379 g/mol. The first-order valence-electron chi connectivity index (χ1n) is 9.96. The maximum Gasteiger partial charge on any atom is 0.255 e. The molecule has 0 bridgehead atoms. The van der Waals surface area contributed by atoms with Gasteiger partial charge in [0.25, 0.3) is 5.91 Å². The molecule has 0 saturated heterocycles. The number of aliphatic hydroxyl groups is 1. The molecule has 0 radical (unpaired) electrons. The van der Waals surface area contributed by atoms with E-state index in [-0.39, 0.29) is 30.9 Å². The summed E-state index contributed by atoms with van der Waals surface area (Å²) in [5.41, 5.74) is 5.43. The van der Waals surface area contributed by atoms with Crippen molar-refractivity contribution in [3.63, 3.8) is 0 Å². The number of amides is 1. The number of aryl methyl sites for hydroxylation is 1. The fourth-order valence-electron chi connectivity index (χ4n) is 4.68. The third-order valence-electron chi connectivity index (χ3n) is 5.94. The van der Waals surface area contributed by atoms with E-state index in [1.807, 2.05) is 49.5 Å². The molecule has 5 rings (SSSR count). The van der Waals surface area contributed by atoms with E-state index in [1.165, 1.54) is 12.1 Å². The number of hydrogen-bond donors (Lipinski definition) is 1. The second kappa shape index (κ2) is 7.11. The number of fused-ring (bicyclic) bond motifs is 2. The van der Waals surface area contributed by atoms with Gasteiger partial charge in [-0.3, -0.25) is 4.79 Å². The molecule has 0 fully saturated rings. The quantitative estimate of drug-likeness (QED) is 0.547. The predicted molar refractivity (Wildman–Crippen MR) is 115 cm³/mol. The second-order valence-corrected chi connectivity index (χ2v) is 7.56. The third kappa shape index (κ3) is 2.66. The number of nitrogens with zero attached hydrogens (tertiary/aromatic N) is 2. The van der Waals surface area contributed by atoms with Crippen LogP contribution < -0.4 is 0 Å². The minimum absolute atomic E-state index is 0.0809. The van der Waals surface area contributed by atoms with E-state index >= 15 is 0 Å². The Balaban J connectivity index is 1.85. The van der Waals surface area contributed by atoms with Gasteiger partial charge >= 0.3 is 0 Å². The molecule has 0 saturated carbocycles. The zero-order chi connectivity index (χ0) is 20.8. The van der Waals surface area contributed by atoms with E-state index in [0.29, 0.717) is 5.56 Å². The summed E-state index contributed by atoms with van der Waals surface area (Å²) in [7, 11) is 1.99. The van der Waals surface area contributed by atoms with Crippen LogP contribution in [0.4, 0.5) is 4.39 Å². The summed E-state index contributed by atoms with van der Waals surface area (Å²) in [6.07, 6.45) is 0. The summed E-state index contributed by atoms with van der Waals surface area (Å²) in [6, 6.07) is 21.8. The molecule has 1 amide bonds. The Kier molecular flexibility index (Phi) is 4.40. The van der Waals surface area contributed by atoms with Crippen molar-refractivity contribution < 1.29 is 14.3 Å². The monoisotopic (exact) mass is 400 g/mol. The van der Waals surface area contributed by atoms with Crippen LogP contribution in [0.3, 0.4) is 0 Å². The third-order valence-corrected chi connectivity index (χ3v) is 5.94. The number of halogens is 1. The Morgan fingerprint density at radius 2 is 1.67 bits per heavy atom. The van der Waals surface area contributed by atoms with Crippen LogP contribution in [0, 0.1) is 5.82 Å². The van der Waals surface area contributed by atoms with E-state index < -0.39 is 0 Å². The molecule has 0 aliphatic carbocycles. The van der Waals surface area contributed by atoms with Gasteiger partial charge in [-0.05, 0) is 47.5 Å². The molecule has 30 heavy (non-hydrogen) atoms. The van der Waals surface area contributed by atoms with Crippen LogP contribution in [0.5, 0.6) is 0 Å². The van der Waals surface area contributed by atoms with E-state index in [1.54, 1.807) is 17.0 Å². The molecule has 1 atom stereocenters. The number of para-hydroxylation sites is 1. The maximum absolute atomic E-state index is 13.6. The van der Waals surface area contributed by atoms with Crippen molar-refractivity contribution in [2.24, 2.45) is 7.05 Å². The Labute approximate surface area is 173 Å². The Bertz CT molecular complexity index is 1260. The molecule has 1 unspecified atom stereocenters. The second-order valence-electron chi connectivity index (χ2n) is 7.56. The molecule has 0 spiro atoms. The molecule has 1 aliphatic heterocycles. The standard InChI is InChI=1S/C25H21FN2O2/c1-27-21-9-5-4-8-20(21)22(23(27)16-10-12-17(26)13-11-16)24-18-6-2-3-7-19(18)25(30)28(24)14-15-29/h2-13,24,29H,14-15H2,1H3. The normalized spacial score (nSPS) is 15.8. The average Bonchev–Trinajstić information content (AvgIpc) is 3.21. The fraction of sp³-hybridized carbons (Fsp3) is 0.160. The summed E-state index contributed by atoms with van der Waals surface area (Å²) >= 11 is 0. The summed E-state index contributed by atoms with van der Waals surface area (Å²) < 4.78 is 15.7. The van der Waals surface area contributed by atoms with E-state index in [9.17, 15) is 14.3 Å². The number of hydrogen-bond acceptors (Lipinski definition) is 2. The summed E-state index contributed by atoms with van der Waals surface area (Å²) in [4.78, 5) is 14.9. The topological polar surface area (TPSA) is 45.5 Å². The van der Waals surface area contributed by atoms with Crippen LogP contribution in [0.1, 0.15) is 27.5 Å². The van der Waals surface area contributed by atoms with Gasteiger partial charge in [0.2, 0.25) is 0 Å². The van der Waals surface area contributed by atoms with Crippen LogP contribution in [0.2, 0.25) is 0 Å². The number of aliphatic hydroxyl groups excluding tert-OH is 1. The van der Waals surface area contributed by atoms with Gasteiger partial charge < -0.3 is 14.6 Å². The van der Waals surface area contributed by atoms with Crippen molar-refractivity contribution in [3.05, 3.63) is 95.3 Å². The molecule has 150 valence electrons. The zero-order valence-electron chi connectivity index (χ0n) is 16.5. The number of aromatic nitrogens is 1. The Hall–Kier alpha value is -3.44. The van der Waals surface area contributed by atoms with Gasteiger partial charge in [-0.15, -0.1) is 0 Å². The lowest BCUT2D eigenvalue weighted by atomic mass is 9.93. The predicted octanol–water partition coefficient (Wildman–Crippen LogP) is 4.52. The number of rotatable bonds is 4. The van der Waals surface area contributed by atoms with E-state index in [2.05, 4.69) is 10.6 Å². The first-order valence-corrected chi connectivity index (χ1v) is 9.96. The highest BCUT2D eigenvalue weighted by atomic mass is 19.1. The highest BCUT2D eigenvalue weighted by Gasteiger charge is 2.40. The van der Waals surface area contributed by atoms with Crippen LogP contribution in [0.15, 0.2) is 72.8 Å². The van der Waals surface area contributed by atoms with Gasteiger partial charge in [0, 0.05) is 35.6 Å². The van der Waals surface area contributed by atoms with Crippen molar-refractivity contribution >= 4 is 16.8 Å². The molecule has 2 heterocycles. The number of benzene rings is 3. The summed E-state index contributed by atoms with van der Waals surface area (Å²) in [5.74, 6) is -0.370. The van der Waals surface area contributed by atoms with Crippen LogP contribution >= 0.6 is 0 Å². The molecule has 4 nitrogen and oxygen atoms in total. The highest BCUT2D eigenvalue weighted by molar-refractivity contribution is 6.02. The molecule has 4 aromatic rings. The van der Waals surface area contributed by atoms with Crippen molar-refractivity contribution in [2.75, 3.05) is 13.2 Å². The summed E-state index contributed by atoms with van der Waals surface area (Å²) in [6.45, 7) is 0.122. The Morgan fingerprint density at radius 3 is 2.43 bits per heavy atom. The molecule has 1 aliphatic rings. The van der Waals surface area contributed by atoms with Gasteiger partial charge in [0.15, 0.2) is 0 Å². The number of carbonyl (C=O) groups is 1. The number of β-amino-alcohol motifs (C(OH)–C–C–N with tert-alkyl or cyclic N) is 1. The van der Waals surface area contributed by atoms with Gasteiger partial charge in [0.05, 0.1) is 18.3 Å². The highest BCUT2D eigenvalue weighted by Crippen LogP contribution is 2.46. The minimum Gasteiger partial charge on any atom is -0.395 e. The lowest BCUT2D eigenvalue weighted by molar-refractivity contribution is 0.0713. The van der Waals surface area contributed by atoms with E-state index in [4.69, 9.17) is 0 Å². The lowest BCUT2D eigenvalue weighted by Gasteiger charge is -2.26. The Morgan fingerprint density at radius 1 is 0.967 bits per heavy atom. The first kappa shape index (κ1) is 18.6. The van der Waals surface area contributed by atoms with Crippen LogP contribution in [0.25, 0.3) is 22.2 Å². The molecule has 1 N–H and O–H groups in total. The molecule has 3 aromatic carbocycles. The van der Waals surface area contributed by atoms with Crippen LogP contribution in [-0.2, 0) is 7.05 Å². The fourth-order valence-corrected chi connectivity index (χ4v) is 4.68. The molecule has 5 heteroatoms. The molecule has 1 aromatic heterocycles. The van der Waals surface area contributed by atoms with Crippen molar-refractivity contribution in [3.8, 4) is 11.3 Å². The minimum atomic E-state index is -0.327. The van der Waals surface area contributed by atoms with Gasteiger partial charge in [0.1, 0.15) is 5.82 Å². The largest absolute Gasteiger partial charge is 0.395 e. The average molecular weight is 400 g/mol. The van der Waals surface area contributed by atoms with Crippen molar-refractivity contribution in [2.45, 2.75) is 6.04 Å². The van der Waals surface area contributed by atoms with Gasteiger partial charge in [-0.1, -0.05) is 36.4 Å². The number of carbonyl (C=O) groups excluding carboxylic acids is 1. The maximum atomic E-state index is 13.6. The lowest BCUT2D eigenvalue weighted by Crippen LogP contribution is -2.31. The molecular formula is C25H21FN2O2. The first-order chi connectivity index (χ1) is 14.6.